The highest BCUT2D eigenvalue weighted by Gasteiger charge is 2.24. The molecule has 2 N–H and O–H groups in total. The molecule has 0 amide bonds. The zero-order valence-electron chi connectivity index (χ0n) is 14.7. The van der Waals surface area contributed by atoms with Crippen LogP contribution in [0.5, 0.6) is 0 Å². The first-order valence-corrected chi connectivity index (χ1v) is 9.50. The van der Waals surface area contributed by atoms with E-state index in [4.69, 9.17) is 11.6 Å². The number of benzene rings is 2. The molecule has 0 radical (unpaired) electrons. The number of para-hydroxylation sites is 1. The second kappa shape index (κ2) is 7.80. The van der Waals surface area contributed by atoms with E-state index in [2.05, 4.69) is 39.0 Å². The van der Waals surface area contributed by atoms with Crippen LogP contribution in [0.15, 0.2) is 54.7 Å². The zero-order chi connectivity index (χ0) is 17.9. The van der Waals surface area contributed by atoms with Crippen molar-refractivity contribution in [3.8, 4) is 0 Å². The molecule has 1 aliphatic heterocycles. The Morgan fingerprint density at radius 3 is 2.50 bits per heavy atom. The summed E-state index contributed by atoms with van der Waals surface area (Å²) < 4.78 is 0. The van der Waals surface area contributed by atoms with Crippen LogP contribution in [-0.2, 0) is 6.54 Å². The van der Waals surface area contributed by atoms with Gasteiger partial charge in [-0.2, -0.15) is 0 Å². The van der Waals surface area contributed by atoms with Crippen LogP contribution in [0.1, 0.15) is 17.2 Å². The average molecular weight is 370 g/mol. The maximum atomic E-state index is 9.90. The Labute approximate surface area is 159 Å². The lowest BCUT2D eigenvalue weighted by atomic mass is 10.0. The summed E-state index contributed by atoms with van der Waals surface area (Å²) in [5, 5.41) is 11.9. The van der Waals surface area contributed by atoms with Gasteiger partial charge in [0.25, 0.3) is 0 Å². The lowest BCUT2D eigenvalue weighted by Crippen LogP contribution is -2.47. The quantitative estimate of drug-likeness (QED) is 0.721. The normalized spacial score (nSPS) is 17.6. The monoisotopic (exact) mass is 369 g/mol. The zero-order valence-corrected chi connectivity index (χ0v) is 15.5. The van der Waals surface area contributed by atoms with Crippen LogP contribution in [0.2, 0.25) is 5.02 Å². The van der Waals surface area contributed by atoms with Gasteiger partial charge in [0.1, 0.15) is 0 Å². The molecular weight excluding hydrogens is 346 g/mol. The average Bonchev–Trinajstić information content (AvgIpc) is 3.15. The predicted molar refractivity (Wildman–Crippen MR) is 106 cm³/mol. The smallest absolute Gasteiger partial charge is 0.0628 e. The number of piperazine rings is 1. The lowest BCUT2D eigenvalue weighted by molar-refractivity contribution is 0.0622. The van der Waals surface area contributed by atoms with Gasteiger partial charge in [0.05, 0.1) is 12.6 Å². The molecule has 136 valence electrons. The minimum Gasteiger partial charge on any atom is -0.394 e. The van der Waals surface area contributed by atoms with Crippen molar-refractivity contribution in [1.29, 1.82) is 0 Å². The van der Waals surface area contributed by atoms with E-state index >= 15 is 0 Å². The SMILES string of the molecule is OCC(c1ccc(Cl)cc1)N1CCN(Cc2cccc3cc[nH]c23)CC1. The molecule has 0 saturated carbocycles. The molecule has 1 saturated heterocycles. The second-order valence-electron chi connectivity index (χ2n) is 6.92. The first-order valence-electron chi connectivity index (χ1n) is 9.12. The number of aliphatic hydroxyl groups excluding tert-OH is 1. The van der Waals surface area contributed by atoms with Crippen molar-refractivity contribution in [2.45, 2.75) is 12.6 Å². The lowest BCUT2D eigenvalue weighted by Gasteiger charge is -2.39. The molecule has 2 heterocycles. The topological polar surface area (TPSA) is 42.5 Å². The molecule has 26 heavy (non-hydrogen) atoms. The van der Waals surface area contributed by atoms with E-state index in [0.29, 0.717) is 0 Å². The molecule has 1 aliphatic rings. The molecule has 1 aromatic heterocycles. The van der Waals surface area contributed by atoms with Gasteiger partial charge in [-0.25, -0.2) is 0 Å². The number of halogens is 1. The number of H-pyrrole nitrogens is 1. The number of rotatable bonds is 5. The molecule has 1 fully saturated rings. The van der Waals surface area contributed by atoms with E-state index in [1.54, 1.807) is 0 Å². The van der Waals surface area contributed by atoms with E-state index in [-0.39, 0.29) is 12.6 Å². The fraction of sp³-hybridized carbons (Fsp3) is 0.333. The third-order valence-electron chi connectivity index (χ3n) is 5.34. The van der Waals surface area contributed by atoms with E-state index in [1.165, 1.54) is 16.5 Å². The molecule has 0 aliphatic carbocycles. The molecule has 1 atom stereocenters. The van der Waals surface area contributed by atoms with Gasteiger partial charge in [0, 0.05) is 49.5 Å². The van der Waals surface area contributed by atoms with Gasteiger partial charge in [-0.15, -0.1) is 0 Å². The van der Waals surface area contributed by atoms with E-state index < -0.39 is 0 Å². The molecule has 3 aromatic rings. The molecule has 1 unspecified atom stereocenters. The van der Waals surface area contributed by atoms with Crippen molar-refractivity contribution in [3.63, 3.8) is 0 Å². The van der Waals surface area contributed by atoms with Crippen molar-refractivity contribution < 1.29 is 5.11 Å². The summed E-state index contributed by atoms with van der Waals surface area (Å²) in [6.07, 6.45) is 2.00. The fourth-order valence-corrected chi connectivity index (χ4v) is 4.00. The summed E-state index contributed by atoms with van der Waals surface area (Å²) in [7, 11) is 0. The Morgan fingerprint density at radius 2 is 1.77 bits per heavy atom. The maximum Gasteiger partial charge on any atom is 0.0628 e. The molecule has 4 rings (SSSR count). The third-order valence-corrected chi connectivity index (χ3v) is 5.59. The summed E-state index contributed by atoms with van der Waals surface area (Å²) in [5.74, 6) is 0. The van der Waals surface area contributed by atoms with Crippen LogP contribution in [-0.4, -0.2) is 52.7 Å². The highest BCUT2D eigenvalue weighted by atomic mass is 35.5. The van der Waals surface area contributed by atoms with Crippen LogP contribution in [0, 0.1) is 0 Å². The predicted octanol–water partition coefficient (Wildman–Crippen LogP) is 3.67. The Balaban J connectivity index is 1.40. The Kier molecular flexibility index (Phi) is 5.27. The summed E-state index contributed by atoms with van der Waals surface area (Å²) in [6.45, 7) is 4.99. The van der Waals surface area contributed by atoms with Gasteiger partial charge in [-0.05, 0) is 34.7 Å². The van der Waals surface area contributed by atoms with E-state index in [0.717, 1.165) is 43.3 Å². The molecule has 4 nitrogen and oxygen atoms in total. The number of aromatic nitrogens is 1. The summed E-state index contributed by atoms with van der Waals surface area (Å²) in [4.78, 5) is 8.22. The Hall–Kier alpha value is -1.85. The van der Waals surface area contributed by atoms with Crippen LogP contribution in [0.25, 0.3) is 10.9 Å². The third kappa shape index (κ3) is 3.64. The number of hydrogen-bond donors (Lipinski definition) is 2. The molecule has 2 aromatic carbocycles. The van der Waals surface area contributed by atoms with Gasteiger partial charge in [0.15, 0.2) is 0 Å². The minimum atomic E-state index is 0.0428. The minimum absolute atomic E-state index is 0.0428. The van der Waals surface area contributed by atoms with Gasteiger partial charge in [-0.1, -0.05) is 41.9 Å². The number of hydrogen-bond acceptors (Lipinski definition) is 3. The van der Waals surface area contributed by atoms with Crippen molar-refractivity contribution in [3.05, 3.63) is 70.9 Å². The summed E-state index contributed by atoms with van der Waals surface area (Å²) in [5.41, 5.74) is 3.71. The Bertz CT molecular complexity index is 853. The fourth-order valence-electron chi connectivity index (χ4n) is 3.87. The van der Waals surface area contributed by atoms with Gasteiger partial charge < -0.3 is 10.1 Å². The van der Waals surface area contributed by atoms with E-state index in [9.17, 15) is 5.11 Å². The Morgan fingerprint density at radius 1 is 1.00 bits per heavy atom. The summed E-state index contributed by atoms with van der Waals surface area (Å²) in [6, 6.07) is 16.5. The number of fused-ring (bicyclic) bond motifs is 1. The number of nitrogens with zero attached hydrogens (tertiary/aromatic N) is 2. The highest BCUT2D eigenvalue weighted by molar-refractivity contribution is 6.30. The van der Waals surface area contributed by atoms with Crippen LogP contribution < -0.4 is 0 Å². The van der Waals surface area contributed by atoms with Gasteiger partial charge in [-0.3, -0.25) is 9.80 Å². The number of aromatic amines is 1. The van der Waals surface area contributed by atoms with Crippen LogP contribution >= 0.6 is 11.6 Å². The molecule has 0 spiro atoms. The highest BCUT2D eigenvalue weighted by Crippen LogP contribution is 2.24. The van der Waals surface area contributed by atoms with Crippen molar-refractivity contribution in [1.82, 2.24) is 14.8 Å². The number of aliphatic hydroxyl groups is 1. The first kappa shape index (κ1) is 17.6. The van der Waals surface area contributed by atoms with E-state index in [1.807, 2.05) is 30.5 Å². The van der Waals surface area contributed by atoms with Crippen molar-refractivity contribution >= 4 is 22.5 Å². The van der Waals surface area contributed by atoms with Crippen LogP contribution in [0.4, 0.5) is 0 Å². The molecule has 0 bridgehead atoms. The number of nitrogens with one attached hydrogen (secondary N) is 1. The van der Waals surface area contributed by atoms with Crippen LogP contribution in [0.3, 0.4) is 0 Å². The first-order chi connectivity index (χ1) is 12.7. The molecular formula is C21H24ClN3O. The maximum absolute atomic E-state index is 9.90. The van der Waals surface area contributed by atoms with Gasteiger partial charge >= 0.3 is 0 Å². The largest absolute Gasteiger partial charge is 0.394 e. The van der Waals surface area contributed by atoms with Gasteiger partial charge in [0.2, 0.25) is 0 Å². The second-order valence-corrected chi connectivity index (χ2v) is 7.36. The van der Waals surface area contributed by atoms with Crippen molar-refractivity contribution in [2.75, 3.05) is 32.8 Å². The van der Waals surface area contributed by atoms with Crippen molar-refractivity contribution in [2.24, 2.45) is 0 Å². The standard InChI is InChI=1S/C21H24ClN3O/c22-19-6-4-16(5-7-19)20(15-26)25-12-10-24(11-13-25)14-18-3-1-2-17-8-9-23-21(17)18/h1-9,20,23,26H,10-15H2. The molecule has 5 heteroatoms. The summed E-state index contributed by atoms with van der Waals surface area (Å²) >= 11 is 5.99.